The van der Waals surface area contributed by atoms with Gasteiger partial charge in [0.05, 0.1) is 0 Å². The van der Waals surface area contributed by atoms with E-state index < -0.39 is 0 Å². The first-order valence-corrected chi connectivity index (χ1v) is 6.81. The normalized spacial score (nSPS) is 31.1. The minimum Gasteiger partial charge on any atom is -0.123 e. The molecule has 0 aromatic rings. The van der Waals surface area contributed by atoms with Crippen LogP contribution >= 0.6 is 11.6 Å². The van der Waals surface area contributed by atoms with E-state index in [2.05, 4.69) is 13.8 Å². The molecule has 14 heavy (non-hydrogen) atoms. The van der Waals surface area contributed by atoms with Gasteiger partial charge in [0.1, 0.15) is 0 Å². The molecule has 84 valence electrons. The van der Waals surface area contributed by atoms with E-state index in [9.17, 15) is 0 Å². The van der Waals surface area contributed by atoms with Crippen molar-refractivity contribution in [3.05, 3.63) is 0 Å². The lowest BCUT2D eigenvalue weighted by Crippen LogP contribution is -2.16. The van der Waals surface area contributed by atoms with Gasteiger partial charge in [0, 0.05) is 5.38 Å². The van der Waals surface area contributed by atoms with Crippen molar-refractivity contribution in [3.8, 4) is 0 Å². The Hall–Kier alpha value is 0.290. The van der Waals surface area contributed by atoms with Crippen LogP contribution in [0.25, 0.3) is 0 Å². The van der Waals surface area contributed by atoms with Gasteiger partial charge in [-0.05, 0) is 31.1 Å². The second-order valence-corrected chi connectivity index (χ2v) is 5.60. The zero-order valence-electron chi connectivity index (χ0n) is 9.77. The summed E-state index contributed by atoms with van der Waals surface area (Å²) in [6, 6.07) is 0. The van der Waals surface area contributed by atoms with Crippen molar-refractivity contribution < 1.29 is 0 Å². The predicted octanol–water partition coefficient (Wildman–Crippen LogP) is 5.00. The molecule has 0 aromatic carbocycles. The highest BCUT2D eigenvalue weighted by Gasteiger charge is 2.22. The van der Waals surface area contributed by atoms with Crippen molar-refractivity contribution in [1.29, 1.82) is 0 Å². The van der Waals surface area contributed by atoms with E-state index >= 15 is 0 Å². The van der Waals surface area contributed by atoms with Crippen LogP contribution in [0, 0.1) is 11.8 Å². The average Bonchev–Trinajstić information content (AvgIpc) is 2.33. The second kappa shape index (κ2) is 6.71. The molecule has 0 saturated heterocycles. The van der Waals surface area contributed by atoms with Crippen LogP contribution in [-0.4, -0.2) is 5.38 Å². The van der Waals surface area contributed by atoms with Crippen molar-refractivity contribution in [3.63, 3.8) is 0 Å². The average molecular weight is 217 g/mol. The summed E-state index contributed by atoms with van der Waals surface area (Å²) in [5, 5.41) is 0.469. The highest BCUT2D eigenvalue weighted by atomic mass is 35.5. The first kappa shape index (κ1) is 12.4. The number of rotatable bonds is 4. The highest BCUT2D eigenvalue weighted by molar-refractivity contribution is 6.20. The third-order valence-electron chi connectivity index (χ3n) is 3.55. The fourth-order valence-corrected chi connectivity index (χ4v) is 3.12. The molecule has 0 aliphatic heterocycles. The summed E-state index contributed by atoms with van der Waals surface area (Å²) in [4.78, 5) is 0. The number of hydrogen-bond acceptors (Lipinski definition) is 0. The molecule has 0 radical (unpaired) electrons. The highest BCUT2D eigenvalue weighted by Crippen LogP contribution is 2.32. The lowest BCUT2D eigenvalue weighted by atomic mass is 9.87. The summed E-state index contributed by atoms with van der Waals surface area (Å²) in [7, 11) is 0. The summed E-state index contributed by atoms with van der Waals surface area (Å²) >= 11 is 6.43. The van der Waals surface area contributed by atoms with Crippen LogP contribution in [0.4, 0.5) is 0 Å². The molecule has 0 spiro atoms. The molecule has 0 bridgehead atoms. The van der Waals surface area contributed by atoms with Gasteiger partial charge in [-0.25, -0.2) is 0 Å². The zero-order valence-corrected chi connectivity index (χ0v) is 10.5. The summed E-state index contributed by atoms with van der Waals surface area (Å²) < 4.78 is 0. The topological polar surface area (TPSA) is 0 Å². The Balaban J connectivity index is 2.32. The molecule has 0 amide bonds. The Morgan fingerprint density at radius 1 is 1.21 bits per heavy atom. The van der Waals surface area contributed by atoms with Gasteiger partial charge in [-0.1, -0.05) is 46.0 Å². The monoisotopic (exact) mass is 216 g/mol. The van der Waals surface area contributed by atoms with Gasteiger partial charge in [-0.3, -0.25) is 0 Å². The van der Waals surface area contributed by atoms with Crippen LogP contribution in [0.1, 0.15) is 65.2 Å². The van der Waals surface area contributed by atoms with E-state index in [1.807, 2.05) is 0 Å². The number of hydrogen-bond donors (Lipinski definition) is 0. The fourth-order valence-electron chi connectivity index (χ4n) is 2.73. The molecule has 1 saturated carbocycles. The SMILES string of the molecule is CCCC(C)CC1CCCCCC1Cl. The molecule has 1 fully saturated rings. The van der Waals surface area contributed by atoms with E-state index in [1.54, 1.807) is 0 Å². The lowest BCUT2D eigenvalue weighted by Gasteiger charge is -2.23. The van der Waals surface area contributed by atoms with Crippen LogP contribution in [0.5, 0.6) is 0 Å². The van der Waals surface area contributed by atoms with Crippen LogP contribution in [0.15, 0.2) is 0 Å². The van der Waals surface area contributed by atoms with Crippen LogP contribution in [0.2, 0.25) is 0 Å². The lowest BCUT2D eigenvalue weighted by molar-refractivity contribution is 0.345. The first-order chi connectivity index (χ1) is 6.74. The van der Waals surface area contributed by atoms with Gasteiger partial charge in [-0.2, -0.15) is 0 Å². The van der Waals surface area contributed by atoms with Gasteiger partial charge in [0.15, 0.2) is 0 Å². The maximum absolute atomic E-state index is 6.43. The maximum Gasteiger partial charge on any atom is 0.0364 e. The zero-order chi connectivity index (χ0) is 10.4. The molecule has 3 atom stereocenters. The van der Waals surface area contributed by atoms with E-state index in [0.29, 0.717) is 5.38 Å². The maximum atomic E-state index is 6.43. The molecule has 0 heterocycles. The third kappa shape index (κ3) is 4.21. The Morgan fingerprint density at radius 3 is 2.64 bits per heavy atom. The Bertz CT molecular complexity index is 144. The van der Waals surface area contributed by atoms with Gasteiger partial charge in [0.25, 0.3) is 0 Å². The van der Waals surface area contributed by atoms with E-state index in [1.165, 1.54) is 51.4 Å². The van der Waals surface area contributed by atoms with E-state index in [4.69, 9.17) is 11.6 Å². The van der Waals surface area contributed by atoms with Crippen LogP contribution in [-0.2, 0) is 0 Å². The minimum atomic E-state index is 0.469. The summed E-state index contributed by atoms with van der Waals surface area (Å²) in [6.07, 6.45) is 10.9. The Kier molecular flexibility index (Phi) is 5.93. The molecular formula is C13H25Cl. The molecule has 1 rings (SSSR count). The Labute approximate surface area is 94.4 Å². The van der Waals surface area contributed by atoms with Crippen molar-refractivity contribution in [2.75, 3.05) is 0 Å². The van der Waals surface area contributed by atoms with Gasteiger partial charge < -0.3 is 0 Å². The molecule has 1 aliphatic rings. The molecule has 0 aromatic heterocycles. The van der Waals surface area contributed by atoms with Gasteiger partial charge >= 0.3 is 0 Å². The summed E-state index contributed by atoms with van der Waals surface area (Å²) in [5.74, 6) is 1.69. The quantitative estimate of drug-likeness (QED) is 0.458. The smallest absolute Gasteiger partial charge is 0.0364 e. The second-order valence-electron chi connectivity index (χ2n) is 5.04. The molecule has 0 N–H and O–H groups in total. The molecule has 3 unspecified atom stereocenters. The van der Waals surface area contributed by atoms with E-state index in [-0.39, 0.29) is 0 Å². The summed E-state index contributed by atoms with van der Waals surface area (Å²) in [5.41, 5.74) is 0. The van der Waals surface area contributed by atoms with Crippen molar-refractivity contribution >= 4 is 11.6 Å². The minimum absolute atomic E-state index is 0.469. The molecule has 0 nitrogen and oxygen atoms in total. The van der Waals surface area contributed by atoms with Gasteiger partial charge in [0.2, 0.25) is 0 Å². The van der Waals surface area contributed by atoms with Crippen LogP contribution < -0.4 is 0 Å². The van der Waals surface area contributed by atoms with Crippen molar-refractivity contribution in [2.45, 2.75) is 70.6 Å². The molecule has 1 aliphatic carbocycles. The standard InChI is InChI=1S/C13H25Cl/c1-3-7-11(2)10-12-8-5-4-6-9-13(12)14/h11-13H,3-10H2,1-2H3. The Morgan fingerprint density at radius 2 is 1.93 bits per heavy atom. The summed E-state index contributed by atoms with van der Waals surface area (Å²) in [6.45, 7) is 4.67. The fraction of sp³-hybridized carbons (Fsp3) is 1.00. The predicted molar refractivity (Wildman–Crippen MR) is 64.9 cm³/mol. The molecule has 1 heteroatoms. The number of halogens is 1. The first-order valence-electron chi connectivity index (χ1n) is 6.38. The number of alkyl halides is 1. The van der Waals surface area contributed by atoms with Gasteiger partial charge in [-0.15, -0.1) is 11.6 Å². The largest absolute Gasteiger partial charge is 0.123 e. The molecular weight excluding hydrogens is 192 g/mol. The van der Waals surface area contributed by atoms with Crippen LogP contribution in [0.3, 0.4) is 0 Å². The van der Waals surface area contributed by atoms with Crippen molar-refractivity contribution in [2.24, 2.45) is 11.8 Å². The van der Waals surface area contributed by atoms with E-state index in [0.717, 1.165) is 11.8 Å². The van der Waals surface area contributed by atoms with Crippen molar-refractivity contribution in [1.82, 2.24) is 0 Å². The third-order valence-corrected chi connectivity index (χ3v) is 4.13.